The van der Waals surface area contributed by atoms with Gasteiger partial charge in [0.05, 0.1) is 11.3 Å². The molecular weight excluding hydrogens is 330 g/mol. The second kappa shape index (κ2) is 7.29. The van der Waals surface area contributed by atoms with Crippen molar-refractivity contribution in [3.63, 3.8) is 0 Å². The highest BCUT2D eigenvalue weighted by Gasteiger charge is 2.18. The maximum Gasteiger partial charge on any atom is 0.223 e. The van der Waals surface area contributed by atoms with Gasteiger partial charge in [-0.1, -0.05) is 5.16 Å². The molecule has 136 valence electrons. The fourth-order valence-electron chi connectivity index (χ4n) is 3.22. The molecule has 1 saturated heterocycles. The van der Waals surface area contributed by atoms with Crippen molar-refractivity contribution in [2.75, 3.05) is 31.5 Å². The molecule has 7 nitrogen and oxygen atoms in total. The van der Waals surface area contributed by atoms with E-state index in [-0.39, 0.29) is 0 Å². The van der Waals surface area contributed by atoms with Crippen molar-refractivity contribution < 1.29 is 8.94 Å². The number of hydrogen-bond donors (Lipinski definition) is 1. The van der Waals surface area contributed by atoms with Gasteiger partial charge in [0.15, 0.2) is 11.5 Å². The van der Waals surface area contributed by atoms with E-state index in [9.17, 15) is 0 Å². The fraction of sp³-hybridized carbons (Fsp3) is 0.421. The van der Waals surface area contributed by atoms with Crippen molar-refractivity contribution in [1.29, 1.82) is 0 Å². The predicted molar refractivity (Wildman–Crippen MR) is 98.9 cm³/mol. The van der Waals surface area contributed by atoms with Gasteiger partial charge in [-0.2, -0.15) is 0 Å². The Labute approximate surface area is 152 Å². The minimum atomic E-state index is 0.591. The van der Waals surface area contributed by atoms with Crippen LogP contribution in [0.1, 0.15) is 24.3 Å². The summed E-state index contributed by atoms with van der Waals surface area (Å²) in [5, 5.41) is 7.29. The molecule has 1 N–H and O–H groups in total. The first-order valence-electron chi connectivity index (χ1n) is 9.03. The summed E-state index contributed by atoms with van der Waals surface area (Å²) in [5.74, 6) is 2.75. The average Bonchev–Trinajstić information content (AvgIpc) is 3.37. The minimum absolute atomic E-state index is 0.591. The summed E-state index contributed by atoms with van der Waals surface area (Å²) in [6.45, 7) is 7.99. The van der Waals surface area contributed by atoms with Gasteiger partial charge in [0, 0.05) is 25.4 Å². The summed E-state index contributed by atoms with van der Waals surface area (Å²) in [4.78, 5) is 11.6. The fourth-order valence-corrected chi connectivity index (χ4v) is 3.22. The number of rotatable bonds is 6. The summed E-state index contributed by atoms with van der Waals surface area (Å²) in [5.41, 5.74) is 2.28. The van der Waals surface area contributed by atoms with Crippen LogP contribution in [0.2, 0.25) is 0 Å². The number of aromatic nitrogens is 3. The number of furan rings is 1. The molecule has 0 aliphatic carbocycles. The second-order valence-electron chi connectivity index (χ2n) is 6.67. The zero-order chi connectivity index (χ0) is 17.9. The Bertz CT molecular complexity index is 880. The van der Waals surface area contributed by atoms with Crippen molar-refractivity contribution in [3.8, 4) is 22.8 Å². The van der Waals surface area contributed by atoms with E-state index in [1.807, 2.05) is 32.0 Å². The summed E-state index contributed by atoms with van der Waals surface area (Å²) in [6.07, 6.45) is 4.35. The molecule has 0 spiro atoms. The molecule has 0 radical (unpaired) electrons. The SMILES string of the molecule is Cc1cc(-c2cnc(NCCN3CCCC3)nc2-c2ccc(C)o2)on1. The Morgan fingerprint density at radius 2 is 2.00 bits per heavy atom. The van der Waals surface area contributed by atoms with Gasteiger partial charge in [0.25, 0.3) is 0 Å². The van der Waals surface area contributed by atoms with Crippen LogP contribution >= 0.6 is 0 Å². The largest absolute Gasteiger partial charge is 0.460 e. The number of nitrogens with zero attached hydrogens (tertiary/aromatic N) is 4. The Morgan fingerprint density at radius 3 is 2.69 bits per heavy atom. The highest BCUT2D eigenvalue weighted by atomic mass is 16.5. The first-order valence-corrected chi connectivity index (χ1v) is 9.03. The van der Waals surface area contributed by atoms with Gasteiger partial charge in [0.2, 0.25) is 5.95 Å². The maximum atomic E-state index is 5.79. The van der Waals surface area contributed by atoms with E-state index < -0.39 is 0 Å². The molecule has 0 saturated carbocycles. The zero-order valence-electron chi connectivity index (χ0n) is 15.2. The van der Waals surface area contributed by atoms with Crippen molar-refractivity contribution in [2.45, 2.75) is 26.7 Å². The van der Waals surface area contributed by atoms with E-state index in [0.29, 0.717) is 23.2 Å². The molecule has 4 heterocycles. The van der Waals surface area contributed by atoms with Crippen molar-refractivity contribution >= 4 is 5.95 Å². The lowest BCUT2D eigenvalue weighted by Gasteiger charge is -2.15. The van der Waals surface area contributed by atoms with Gasteiger partial charge in [0.1, 0.15) is 11.5 Å². The molecule has 0 atom stereocenters. The number of anilines is 1. The van der Waals surface area contributed by atoms with Crippen LogP contribution in [0.15, 0.2) is 33.3 Å². The molecule has 0 bridgehead atoms. The van der Waals surface area contributed by atoms with Gasteiger partial charge in [-0.25, -0.2) is 9.97 Å². The van der Waals surface area contributed by atoms with Crippen molar-refractivity contribution in [3.05, 3.63) is 35.9 Å². The predicted octanol–water partition coefficient (Wildman–Crippen LogP) is 3.52. The molecule has 3 aromatic rings. The molecule has 4 rings (SSSR count). The summed E-state index contributed by atoms with van der Waals surface area (Å²) in [6, 6.07) is 5.71. The third-order valence-corrected chi connectivity index (χ3v) is 4.57. The van der Waals surface area contributed by atoms with Crippen LogP contribution in [0.25, 0.3) is 22.8 Å². The average molecular weight is 353 g/mol. The Hall–Kier alpha value is -2.67. The second-order valence-corrected chi connectivity index (χ2v) is 6.67. The minimum Gasteiger partial charge on any atom is -0.460 e. The lowest BCUT2D eigenvalue weighted by Crippen LogP contribution is -2.26. The van der Waals surface area contributed by atoms with Crippen molar-refractivity contribution in [1.82, 2.24) is 20.0 Å². The first kappa shape index (κ1) is 16.8. The zero-order valence-corrected chi connectivity index (χ0v) is 15.2. The summed E-state index contributed by atoms with van der Waals surface area (Å²) in [7, 11) is 0. The van der Waals surface area contributed by atoms with Gasteiger partial charge in [-0.15, -0.1) is 0 Å². The van der Waals surface area contributed by atoms with E-state index >= 15 is 0 Å². The van der Waals surface area contributed by atoms with Crippen LogP contribution in [-0.4, -0.2) is 46.2 Å². The van der Waals surface area contributed by atoms with E-state index in [0.717, 1.165) is 30.1 Å². The molecule has 3 aromatic heterocycles. The Balaban J connectivity index is 1.58. The number of likely N-dealkylation sites (tertiary alicyclic amines) is 1. The van der Waals surface area contributed by atoms with E-state index in [1.54, 1.807) is 6.20 Å². The van der Waals surface area contributed by atoms with E-state index in [1.165, 1.54) is 25.9 Å². The van der Waals surface area contributed by atoms with Crippen LogP contribution in [-0.2, 0) is 0 Å². The smallest absolute Gasteiger partial charge is 0.223 e. The monoisotopic (exact) mass is 353 g/mol. The standard InChI is InChI=1S/C19H23N5O2/c1-13-11-17(26-23-13)15-12-21-19(20-7-10-24-8-3-4-9-24)22-18(15)16-6-5-14(2)25-16/h5-6,11-12H,3-4,7-10H2,1-2H3,(H,20,21,22). The summed E-state index contributed by atoms with van der Waals surface area (Å²) >= 11 is 0. The van der Waals surface area contributed by atoms with Gasteiger partial charge >= 0.3 is 0 Å². The molecule has 1 aliphatic heterocycles. The molecule has 0 unspecified atom stereocenters. The quantitative estimate of drug-likeness (QED) is 0.726. The molecule has 26 heavy (non-hydrogen) atoms. The lowest BCUT2D eigenvalue weighted by atomic mass is 10.1. The van der Waals surface area contributed by atoms with Crippen molar-refractivity contribution in [2.24, 2.45) is 0 Å². The maximum absolute atomic E-state index is 5.79. The van der Waals surface area contributed by atoms with Crippen LogP contribution in [0.3, 0.4) is 0 Å². The van der Waals surface area contributed by atoms with Gasteiger partial charge in [-0.05, 0) is 51.9 Å². The van der Waals surface area contributed by atoms with Gasteiger partial charge in [-0.3, -0.25) is 0 Å². The van der Waals surface area contributed by atoms with Gasteiger partial charge < -0.3 is 19.2 Å². The number of aryl methyl sites for hydroxylation is 2. The lowest BCUT2D eigenvalue weighted by molar-refractivity contribution is 0.352. The highest BCUT2D eigenvalue weighted by Crippen LogP contribution is 2.32. The first-order chi connectivity index (χ1) is 12.7. The highest BCUT2D eigenvalue weighted by molar-refractivity contribution is 5.75. The van der Waals surface area contributed by atoms with Crippen LogP contribution in [0.5, 0.6) is 0 Å². The molecule has 0 aromatic carbocycles. The van der Waals surface area contributed by atoms with E-state index in [2.05, 4.69) is 25.3 Å². The number of hydrogen-bond acceptors (Lipinski definition) is 7. The molecule has 1 fully saturated rings. The third-order valence-electron chi connectivity index (χ3n) is 4.57. The molecule has 0 amide bonds. The van der Waals surface area contributed by atoms with E-state index in [4.69, 9.17) is 8.94 Å². The Morgan fingerprint density at radius 1 is 1.15 bits per heavy atom. The van der Waals surface area contributed by atoms with Crippen LogP contribution in [0.4, 0.5) is 5.95 Å². The molecular formula is C19H23N5O2. The third kappa shape index (κ3) is 3.62. The Kier molecular flexibility index (Phi) is 4.71. The van der Waals surface area contributed by atoms with Crippen LogP contribution < -0.4 is 5.32 Å². The molecule has 1 aliphatic rings. The topological polar surface area (TPSA) is 80.2 Å². The summed E-state index contributed by atoms with van der Waals surface area (Å²) < 4.78 is 11.2. The normalized spacial score (nSPS) is 14.8. The van der Waals surface area contributed by atoms with Crippen LogP contribution in [0, 0.1) is 13.8 Å². The number of nitrogens with one attached hydrogen (secondary N) is 1. The molecule has 7 heteroatoms.